The number of rotatable bonds is 8. The van der Waals surface area contributed by atoms with Gasteiger partial charge in [-0.2, -0.15) is 0 Å². The van der Waals surface area contributed by atoms with Gasteiger partial charge in [0, 0.05) is 12.5 Å². The minimum Gasteiger partial charge on any atom is -0.467 e. The Hall–Kier alpha value is -1.39. The number of esters is 1. The Balaban J connectivity index is 2.59. The highest BCUT2D eigenvalue weighted by Gasteiger charge is 2.22. The SMILES string of the molecule is CCC(C)[C@H](N)CO[C@@H](Cc1ccccc1)C(=O)OC. The standard InChI is InChI=1S/C16H25NO3/c1-4-12(2)14(17)11-20-15(16(18)19-3)10-13-8-6-5-7-9-13/h5-9,12,14-15H,4,10-11,17H2,1-3H3/t12?,14-,15+/m1/s1. The van der Waals surface area contributed by atoms with Gasteiger partial charge in [-0.15, -0.1) is 0 Å². The molecule has 0 heterocycles. The Bertz CT molecular complexity index is 394. The zero-order valence-corrected chi connectivity index (χ0v) is 12.5. The summed E-state index contributed by atoms with van der Waals surface area (Å²) < 4.78 is 10.5. The molecule has 0 aliphatic carbocycles. The first-order valence-electron chi connectivity index (χ1n) is 7.07. The number of ether oxygens (including phenoxy) is 2. The van der Waals surface area contributed by atoms with Crippen LogP contribution >= 0.6 is 0 Å². The van der Waals surface area contributed by atoms with Gasteiger partial charge in [-0.05, 0) is 11.5 Å². The van der Waals surface area contributed by atoms with Crippen LogP contribution in [0.3, 0.4) is 0 Å². The van der Waals surface area contributed by atoms with E-state index in [9.17, 15) is 4.79 Å². The molecule has 0 aliphatic rings. The highest BCUT2D eigenvalue weighted by Crippen LogP contribution is 2.11. The molecule has 0 amide bonds. The second-order valence-electron chi connectivity index (χ2n) is 5.08. The number of nitrogens with two attached hydrogens (primary N) is 1. The van der Waals surface area contributed by atoms with E-state index in [0.29, 0.717) is 18.9 Å². The average Bonchev–Trinajstić information content (AvgIpc) is 2.50. The summed E-state index contributed by atoms with van der Waals surface area (Å²) in [7, 11) is 1.37. The van der Waals surface area contributed by atoms with Gasteiger partial charge in [-0.25, -0.2) is 4.79 Å². The first-order chi connectivity index (χ1) is 9.58. The van der Waals surface area contributed by atoms with Gasteiger partial charge in [0.05, 0.1) is 13.7 Å². The third kappa shape index (κ3) is 5.31. The summed E-state index contributed by atoms with van der Waals surface area (Å²) in [6, 6.07) is 9.68. The van der Waals surface area contributed by atoms with E-state index in [1.165, 1.54) is 7.11 Å². The molecule has 2 N–H and O–H groups in total. The molecule has 4 heteroatoms. The summed E-state index contributed by atoms with van der Waals surface area (Å²) in [4.78, 5) is 11.8. The molecule has 1 rings (SSSR count). The van der Waals surface area contributed by atoms with Crippen LogP contribution in [0, 0.1) is 5.92 Å². The fourth-order valence-electron chi connectivity index (χ4n) is 1.86. The molecule has 0 aliphatic heterocycles. The molecule has 1 aromatic carbocycles. The Morgan fingerprint density at radius 3 is 2.50 bits per heavy atom. The van der Waals surface area contributed by atoms with Crippen molar-refractivity contribution in [2.24, 2.45) is 11.7 Å². The number of methoxy groups -OCH3 is 1. The third-order valence-electron chi connectivity index (χ3n) is 3.59. The van der Waals surface area contributed by atoms with Crippen LogP contribution < -0.4 is 5.73 Å². The lowest BCUT2D eigenvalue weighted by Crippen LogP contribution is -2.37. The summed E-state index contributed by atoms with van der Waals surface area (Å²) >= 11 is 0. The van der Waals surface area contributed by atoms with Gasteiger partial charge in [0.1, 0.15) is 0 Å². The molecule has 0 aromatic heterocycles. The van der Waals surface area contributed by atoms with E-state index >= 15 is 0 Å². The molecule has 4 nitrogen and oxygen atoms in total. The smallest absolute Gasteiger partial charge is 0.335 e. The lowest BCUT2D eigenvalue weighted by molar-refractivity contribution is -0.154. The van der Waals surface area contributed by atoms with Crippen molar-refractivity contribution >= 4 is 5.97 Å². The molecule has 1 aromatic rings. The van der Waals surface area contributed by atoms with Crippen molar-refractivity contribution in [2.75, 3.05) is 13.7 Å². The molecule has 1 unspecified atom stereocenters. The Labute approximate surface area is 121 Å². The highest BCUT2D eigenvalue weighted by molar-refractivity contribution is 5.74. The molecule has 0 fully saturated rings. The first kappa shape index (κ1) is 16.7. The van der Waals surface area contributed by atoms with Gasteiger partial charge >= 0.3 is 5.97 Å². The van der Waals surface area contributed by atoms with Crippen LogP contribution in [0.5, 0.6) is 0 Å². The summed E-state index contributed by atoms with van der Waals surface area (Å²) in [5, 5.41) is 0. The molecule has 0 saturated heterocycles. The lowest BCUT2D eigenvalue weighted by atomic mass is 10.0. The Morgan fingerprint density at radius 2 is 1.95 bits per heavy atom. The van der Waals surface area contributed by atoms with Crippen molar-refractivity contribution in [1.82, 2.24) is 0 Å². The topological polar surface area (TPSA) is 61.5 Å². The molecule has 0 radical (unpaired) electrons. The van der Waals surface area contributed by atoms with Gasteiger partial charge in [0.15, 0.2) is 6.10 Å². The molecule has 3 atom stereocenters. The summed E-state index contributed by atoms with van der Waals surface area (Å²) in [5.41, 5.74) is 7.08. The number of carbonyl (C=O) groups is 1. The fourth-order valence-corrected chi connectivity index (χ4v) is 1.86. The van der Waals surface area contributed by atoms with E-state index in [0.717, 1.165) is 12.0 Å². The number of benzene rings is 1. The van der Waals surface area contributed by atoms with E-state index < -0.39 is 6.10 Å². The van der Waals surface area contributed by atoms with Crippen molar-refractivity contribution in [2.45, 2.75) is 38.8 Å². The normalized spacial score (nSPS) is 15.4. The fraction of sp³-hybridized carbons (Fsp3) is 0.562. The maximum absolute atomic E-state index is 11.8. The van der Waals surface area contributed by atoms with E-state index in [2.05, 4.69) is 13.8 Å². The van der Waals surface area contributed by atoms with Crippen molar-refractivity contribution in [3.8, 4) is 0 Å². The predicted molar refractivity (Wildman–Crippen MR) is 79.3 cm³/mol. The van der Waals surface area contributed by atoms with Crippen LogP contribution in [-0.4, -0.2) is 31.8 Å². The van der Waals surface area contributed by atoms with E-state index in [-0.39, 0.29) is 12.0 Å². The van der Waals surface area contributed by atoms with E-state index in [1.54, 1.807) is 0 Å². The summed E-state index contributed by atoms with van der Waals surface area (Å²) in [6.45, 7) is 4.53. The van der Waals surface area contributed by atoms with Gasteiger partial charge in [-0.3, -0.25) is 0 Å². The maximum atomic E-state index is 11.8. The third-order valence-corrected chi connectivity index (χ3v) is 3.59. The maximum Gasteiger partial charge on any atom is 0.335 e. The molecular weight excluding hydrogens is 254 g/mol. The van der Waals surface area contributed by atoms with Gasteiger partial charge in [0.2, 0.25) is 0 Å². The highest BCUT2D eigenvalue weighted by atomic mass is 16.6. The second-order valence-corrected chi connectivity index (χ2v) is 5.08. The second kappa shape index (κ2) is 8.72. The molecule has 0 bridgehead atoms. The average molecular weight is 279 g/mol. The summed E-state index contributed by atoms with van der Waals surface area (Å²) in [5.74, 6) is 0.00947. The zero-order chi connectivity index (χ0) is 15.0. The van der Waals surface area contributed by atoms with E-state index in [1.807, 2.05) is 30.3 Å². The number of hydrogen-bond acceptors (Lipinski definition) is 4. The monoisotopic (exact) mass is 279 g/mol. The van der Waals surface area contributed by atoms with Crippen molar-refractivity contribution in [1.29, 1.82) is 0 Å². The van der Waals surface area contributed by atoms with Gasteiger partial charge in [0.25, 0.3) is 0 Å². The van der Waals surface area contributed by atoms with Gasteiger partial charge in [-0.1, -0.05) is 50.6 Å². The lowest BCUT2D eigenvalue weighted by Gasteiger charge is -2.22. The first-order valence-corrected chi connectivity index (χ1v) is 7.07. The number of hydrogen-bond donors (Lipinski definition) is 1. The van der Waals surface area contributed by atoms with Gasteiger partial charge < -0.3 is 15.2 Å². The minimum atomic E-state index is -0.600. The van der Waals surface area contributed by atoms with Crippen molar-refractivity contribution in [3.63, 3.8) is 0 Å². The van der Waals surface area contributed by atoms with Crippen LogP contribution in [0.2, 0.25) is 0 Å². The molecule has 20 heavy (non-hydrogen) atoms. The van der Waals surface area contributed by atoms with Crippen LogP contribution in [0.25, 0.3) is 0 Å². The van der Waals surface area contributed by atoms with Crippen LogP contribution in [0.4, 0.5) is 0 Å². The molecule has 0 saturated carbocycles. The summed E-state index contributed by atoms with van der Waals surface area (Å²) in [6.07, 6.45) is 0.893. The zero-order valence-electron chi connectivity index (χ0n) is 12.5. The quantitative estimate of drug-likeness (QED) is 0.741. The van der Waals surface area contributed by atoms with Crippen molar-refractivity contribution in [3.05, 3.63) is 35.9 Å². The van der Waals surface area contributed by atoms with E-state index in [4.69, 9.17) is 15.2 Å². The molecule has 112 valence electrons. The van der Waals surface area contributed by atoms with Crippen LogP contribution in [-0.2, 0) is 20.7 Å². The molecule has 0 spiro atoms. The largest absolute Gasteiger partial charge is 0.467 e. The number of carbonyl (C=O) groups excluding carboxylic acids is 1. The molecular formula is C16H25NO3. The Morgan fingerprint density at radius 1 is 1.30 bits per heavy atom. The van der Waals surface area contributed by atoms with Crippen LogP contribution in [0.15, 0.2) is 30.3 Å². The van der Waals surface area contributed by atoms with Crippen LogP contribution in [0.1, 0.15) is 25.8 Å². The Kier molecular flexibility index (Phi) is 7.26. The minimum absolute atomic E-state index is 0.0667. The predicted octanol–water partition coefficient (Wildman–Crippen LogP) is 2.16. The van der Waals surface area contributed by atoms with Crippen molar-refractivity contribution < 1.29 is 14.3 Å².